The molecule has 1 aromatic carbocycles. The molecular formula is C15H20N2S2. The van der Waals surface area contributed by atoms with Crippen molar-refractivity contribution in [3.8, 4) is 0 Å². The van der Waals surface area contributed by atoms with Crippen molar-refractivity contribution in [1.29, 1.82) is 0 Å². The lowest BCUT2D eigenvalue weighted by atomic mass is 10.1. The molecule has 1 unspecified atom stereocenters. The maximum atomic E-state index is 4.29. The van der Waals surface area contributed by atoms with Gasteiger partial charge in [0.05, 0.1) is 5.01 Å². The minimum Gasteiger partial charge on any atom is -0.310 e. The molecule has 2 aromatic rings. The van der Waals surface area contributed by atoms with E-state index in [4.69, 9.17) is 0 Å². The van der Waals surface area contributed by atoms with Crippen molar-refractivity contribution in [3.05, 3.63) is 45.9 Å². The van der Waals surface area contributed by atoms with Crippen LogP contribution in [0.3, 0.4) is 0 Å². The molecule has 0 aliphatic rings. The zero-order valence-electron chi connectivity index (χ0n) is 11.6. The van der Waals surface area contributed by atoms with E-state index in [1.54, 1.807) is 11.3 Å². The van der Waals surface area contributed by atoms with Crippen molar-refractivity contribution in [2.24, 2.45) is 0 Å². The van der Waals surface area contributed by atoms with E-state index >= 15 is 0 Å². The molecule has 0 spiro atoms. The SMILES string of the molecule is CCNC(C)c1cccc(SCc2cnc(C)s2)c1. The number of nitrogens with one attached hydrogen (secondary N) is 1. The Kier molecular flexibility index (Phi) is 5.43. The van der Waals surface area contributed by atoms with Gasteiger partial charge < -0.3 is 5.32 Å². The van der Waals surface area contributed by atoms with E-state index in [9.17, 15) is 0 Å². The van der Waals surface area contributed by atoms with Crippen LogP contribution in [0.2, 0.25) is 0 Å². The van der Waals surface area contributed by atoms with E-state index in [-0.39, 0.29) is 0 Å². The van der Waals surface area contributed by atoms with E-state index < -0.39 is 0 Å². The van der Waals surface area contributed by atoms with Crippen LogP contribution in [-0.4, -0.2) is 11.5 Å². The Morgan fingerprint density at radius 2 is 2.26 bits per heavy atom. The second-order valence-corrected chi connectivity index (χ2v) is 6.85. The van der Waals surface area contributed by atoms with Crippen molar-refractivity contribution in [2.45, 2.75) is 37.5 Å². The molecule has 0 aliphatic heterocycles. The number of nitrogens with zero attached hydrogens (tertiary/aromatic N) is 1. The van der Waals surface area contributed by atoms with Gasteiger partial charge >= 0.3 is 0 Å². The summed E-state index contributed by atoms with van der Waals surface area (Å²) in [6.07, 6.45) is 1.98. The Hall–Kier alpha value is -0.840. The summed E-state index contributed by atoms with van der Waals surface area (Å²) in [7, 11) is 0. The maximum Gasteiger partial charge on any atom is 0.0897 e. The highest BCUT2D eigenvalue weighted by Gasteiger charge is 2.05. The fourth-order valence-corrected chi connectivity index (χ4v) is 3.70. The highest BCUT2D eigenvalue weighted by atomic mass is 32.2. The van der Waals surface area contributed by atoms with Gasteiger partial charge in [-0.3, -0.25) is 0 Å². The molecule has 19 heavy (non-hydrogen) atoms. The van der Waals surface area contributed by atoms with Crippen LogP contribution >= 0.6 is 23.1 Å². The molecule has 2 nitrogen and oxygen atoms in total. The summed E-state index contributed by atoms with van der Waals surface area (Å²) in [5, 5.41) is 4.59. The Balaban J connectivity index is 1.98. The van der Waals surface area contributed by atoms with Crippen LogP contribution in [0.15, 0.2) is 35.4 Å². The largest absolute Gasteiger partial charge is 0.310 e. The molecule has 1 atom stereocenters. The van der Waals surface area contributed by atoms with Crippen LogP contribution in [0.25, 0.3) is 0 Å². The number of thiazole rings is 1. The molecule has 2 rings (SSSR count). The highest BCUT2D eigenvalue weighted by Crippen LogP contribution is 2.27. The Morgan fingerprint density at radius 1 is 1.42 bits per heavy atom. The summed E-state index contributed by atoms with van der Waals surface area (Å²) in [4.78, 5) is 6.96. The number of benzene rings is 1. The van der Waals surface area contributed by atoms with E-state index in [1.165, 1.54) is 15.3 Å². The molecule has 4 heteroatoms. The van der Waals surface area contributed by atoms with Gasteiger partial charge in [0.2, 0.25) is 0 Å². The van der Waals surface area contributed by atoms with E-state index in [0.717, 1.165) is 17.3 Å². The van der Waals surface area contributed by atoms with Crippen molar-refractivity contribution in [1.82, 2.24) is 10.3 Å². The summed E-state index contributed by atoms with van der Waals surface area (Å²) in [6.45, 7) is 7.40. The van der Waals surface area contributed by atoms with Gasteiger partial charge in [0.15, 0.2) is 0 Å². The lowest BCUT2D eigenvalue weighted by molar-refractivity contribution is 0.597. The summed E-state index contributed by atoms with van der Waals surface area (Å²) in [5.41, 5.74) is 1.35. The Morgan fingerprint density at radius 3 is 2.95 bits per heavy atom. The molecule has 0 bridgehead atoms. The predicted molar refractivity (Wildman–Crippen MR) is 84.9 cm³/mol. The van der Waals surface area contributed by atoms with Crippen LogP contribution in [0.4, 0.5) is 0 Å². The normalized spacial score (nSPS) is 12.6. The van der Waals surface area contributed by atoms with Crippen LogP contribution in [0.5, 0.6) is 0 Å². The quantitative estimate of drug-likeness (QED) is 0.798. The van der Waals surface area contributed by atoms with Crippen LogP contribution in [-0.2, 0) is 5.75 Å². The van der Waals surface area contributed by atoms with Crippen molar-refractivity contribution < 1.29 is 0 Å². The number of hydrogen-bond donors (Lipinski definition) is 1. The van der Waals surface area contributed by atoms with E-state index in [2.05, 4.69) is 55.3 Å². The highest BCUT2D eigenvalue weighted by molar-refractivity contribution is 7.98. The van der Waals surface area contributed by atoms with Gasteiger partial charge in [-0.2, -0.15) is 0 Å². The number of aryl methyl sites for hydroxylation is 1. The molecule has 0 saturated heterocycles. The van der Waals surface area contributed by atoms with E-state index in [1.807, 2.05) is 18.0 Å². The third-order valence-corrected chi connectivity index (χ3v) is 5.06. The molecule has 0 saturated carbocycles. The Labute approximate surface area is 123 Å². The molecule has 102 valence electrons. The number of aromatic nitrogens is 1. The van der Waals surface area contributed by atoms with Gasteiger partial charge in [-0.25, -0.2) is 4.98 Å². The summed E-state index contributed by atoms with van der Waals surface area (Å²) >= 11 is 3.66. The molecule has 0 radical (unpaired) electrons. The molecule has 0 fully saturated rings. The third-order valence-electron chi connectivity index (χ3n) is 2.92. The minimum atomic E-state index is 0.413. The van der Waals surface area contributed by atoms with Crippen LogP contribution in [0.1, 0.15) is 35.3 Å². The lowest BCUT2D eigenvalue weighted by Crippen LogP contribution is -2.17. The maximum absolute atomic E-state index is 4.29. The standard InChI is InChI=1S/C15H20N2S2/c1-4-16-11(2)13-6-5-7-14(8-13)18-10-15-9-17-12(3)19-15/h5-9,11,16H,4,10H2,1-3H3. The van der Waals surface area contributed by atoms with Gasteiger partial charge in [0.25, 0.3) is 0 Å². The first-order valence-electron chi connectivity index (χ1n) is 6.56. The van der Waals surface area contributed by atoms with Gasteiger partial charge in [0.1, 0.15) is 0 Å². The third kappa shape index (κ3) is 4.34. The molecule has 1 aromatic heterocycles. The first-order chi connectivity index (χ1) is 9.19. The van der Waals surface area contributed by atoms with Crippen LogP contribution in [0, 0.1) is 6.92 Å². The molecule has 0 aliphatic carbocycles. The van der Waals surface area contributed by atoms with Crippen molar-refractivity contribution >= 4 is 23.1 Å². The number of hydrogen-bond acceptors (Lipinski definition) is 4. The second-order valence-electron chi connectivity index (χ2n) is 4.49. The van der Waals surface area contributed by atoms with Gasteiger partial charge in [-0.15, -0.1) is 23.1 Å². The zero-order valence-corrected chi connectivity index (χ0v) is 13.3. The predicted octanol–water partition coefficient (Wildman–Crippen LogP) is 4.41. The van der Waals surface area contributed by atoms with Crippen molar-refractivity contribution in [3.63, 3.8) is 0 Å². The first-order valence-corrected chi connectivity index (χ1v) is 8.36. The molecule has 1 heterocycles. The number of rotatable bonds is 6. The smallest absolute Gasteiger partial charge is 0.0897 e. The summed E-state index contributed by atoms with van der Waals surface area (Å²) in [5.74, 6) is 1.00. The average molecular weight is 292 g/mol. The molecule has 1 N–H and O–H groups in total. The van der Waals surface area contributed by atoms with Gasteiger partial charge in [-0.05, 0) is 38.1 Å². The lowest BCUT2D eigenvalue weighted by Gasteiger charge is -2.13. The van der Waals surface area contributed by atoms with Crippen molar-refractivity contribution in [2.75, 3.05) is 6.54 Å². The zero-order chi connectivity index (χ0) is 13.7. The summed E-state index contributed by atoms with van der Waals surface area (Å²) in [6, 6.07) is 9.21. The van der Waals surface area contributed by atoms with E-state index in [0.29, 0.717) is 6.04 Å². The van der Waals surface area contributed by atoms with Crippen LogP contribution < -0.4 is 5.32 Å². The Bertz CT molecular complexity index is 522. The first kappa shape index (κ1) is 14.6. The number of thioether (sulfide) groups is 1. The second kappa shape index (κ2) is 7.08. The fourth-order valence-electron chi connectivity index (χ4n) is 1.92. The minimum absolute atomic E-state index is 0.413. The fraction of sp³-hybridized carbons (Fsp3) is 0.400. The van der Waals surface area contributed by atoms with Gasteiger partial charge in [-0.1, -0.05) is 19.1 Å². The average Bonchev–Trinajstić information content (AvgIpc) is 2.83. The molecular weight excluding hydrogens is 272 g/mol. The summed E-state index contributed by atoms with van der Waals surface area (Å²) < 4.78 is 0. The molecule has 0 amide bonds. The van der Waals surface area contributed by atoms with Gasteiger partial charge in [0, 0.05) is 27.8 Å². The topological polar surface area (TPSA) is 24.9 Å². The monoisotopic (exact) mass is 292 g/mol.